The third-order valence-electron chi connectivity index (χ3n) is 5.18. The van der Waals surface area contributed by atoms with Crippen LogP contribution in [0.25, 0.3) is 11.0 Å². The largest absolute Gasteiger partial charge is 0.396 e. The van der Waals surface area contributed by atoms with Gasteiger partial charge in [0, 0.05) is 56.8 Å². The molecule has 0 aliphatic carbocycles. The Balaban J connectivity index is 1.40. The number of para-hydroxylation sites is 2. The second kappa shape index (κ2) is 7.25. The average Bonchev–Trinajstić information content (AvgIpc) is 3.30. The number of aliphatic hydroxyl groups excluding tert-OH is 1. The van der Waals surface area contributed by atoms with Gasteiger partial charge in [-0.3, -0.25) is 9.78 Å². The number of hydrogen-bond donors (Lipinski definition) is 2. The number of H-pyrrole nitrogens is 1. The van der Waals surface area contributed by atoms with E-state index in [0.717, 1.165) is 22.4 Å². The number of aromatic nitrogens is 3. The molecule has 0 unspecified atom stereocenters. The highest BCUT2D eigenvalue weighted by Gasteiger charge is 2.35. The number of aliphatic hydroxyl groups is 1. The van der Waals surface area contributed by atoms with Crippen molar-refractivity contribution in [2.45, 2.75) is 18.8 Å². The molecule has 1 amide bonds. The van der Waals surface area contributed by atoms with Crippen molar-refractivity contribution in [3.8, 4) is 0 Å². The van der Waals surface area contributed by atoms with Gasteiger partial charge in [-0.05, 0) is 29.8 Å². The highest BCUT2D eigenvalue weighted by Crippen LogP contribution is 2.32. The molecular weight excluding hydrogens is 328 g/mol. The summed E-state index contributed by atoms with van der Waals surface area (Å²) in [7, 11) is 0. The Hall–Kier alpha value is -2.73. The molecule has 3 heterocycles. The number of carbonyl (C=O) groups excluding carboxylic acids is 1. The summed E-state index contributed by atoms with van der Waals surface area (Å²) in [6, 6.07) is 11.8. The summed E-state index contributed by atoms with van der Waals surface area (Å²) in [6.07, 6.45) is 4.53. The highest BCUT2D eigenvalue weighted by atomic mass is 16.3. The summed E-state index contributed by atoms with van der Waals surface area (Å²) in [5.74, 6) is 1.19. The summed E-state index contributed by atoms with van der Waals surface area (Å²) in [5.41, 5.74) is 3.05. The number of carbonyl (C=O) groups is 1. The lowest BCUT2D eigenvalue weighted by atomic mass is 9.90. The maximum absolute atomic E-state index is 12.7. The van der Waals surface area contributed by atoms with E-state index in [1.807, 2.05) is 41.3 Å². The van der Waals surface area contributed by atoms with E-state index in [0.29, 0.717) is 25.9 Å². The number of imidazole rings is 1. The van der Waals surface area contributed by atoms with Gasteiger partial charge in [-0.2, -0.15) is 0 Å². The number of aryl methyl sites for hydroxylation is 1. The average molecular weight is 350 g/mol. The molecule has 0 radical (unpaired) electrons. The Morgan fingerprint density at radius 2 is 2.00 bits per heavy atom. The van der Waals surface area contributed by atoms with Crippen LogP contribution >= 0.6 is 0 Å². The smallest absolute Gasteiger partial charge is 0.223 e. The Morgan fingerprint density at radius 1 is 1.19 bits per heavy atom. The molecule has 3 aromatic rings. The number of nitrogens with zero attached hydrogens (tertiary/aromatic N) is 3. The van der Waals surface area contributed by atoms with Gasteiger partial charge >= 0.3 is 0 Å². The quantitative estimate of drug-likeness (QED) is 0.738. The number of nitrogens with one attached hydrogen (secondary N) is 1. The van der Waals surface area contributed by atoms with Crippen molar-refractivity contribution >= 4 is 16.9 Å². The fourth-order valence-electron chi connectivity index (χ4n) is 3.76. The van der Waals surface area contributed by atoms with Gasteiger partial charge in [0.1, 0.15) is 5.82 Å². The highest BCUT2D eigenvalue weighted by molar-refractivity contribution is 5.77. The molecule has 1 aliphatic rings. The lowest BCUT2D eigenvalue weighted by Crippen LogP contribution is -2.29. The van der Waals surface area contributed by atoms with Gasteiger partial charge < -0.3 is 15.0 Å². The maximum atomic E-state index is 12.7. The van der Waals surface area contributed by atoms with E-state index in [1.165, 1.54) is 0 Å². The second-order valence-corrected chi connectivity index (χ2v) is 6.83. The van der Waals surface area contributed by atoms with E-state index < -0.39 is 0 Å². The summed E-state index contributed by atoms with van der Waals surface area (Å²) in [4.78, 5) is 26.4. The van der Waals surface area contributed by atoms with Crippen LogP contribution in [-0.2, 0) is 11.2 Å². The number of pyridine rings is 1. The predicted octanol–water partition coefficient (Wildman–Crippen LogP) is 2.12. The molecule has 6 nitrogen and oxygen atoms in total. The molecule has 2 N–H and O–H groups in total. The van der Waals surface area contributed by atoms with E-state index in [2.05, 4.69) is 15.0 Å². The molecule has 1 aromatic carbocycles. The van der Waals surface area contributed by atoms with Gasteiger partial charge in [-0.25, -0.2) is 4.98 Å². The fraction of sp³-hybridized carbons (Fsp3) is 0.350. The second-order valence-electron chi connectivity index (χ2n) is 6.83. The minimum Gasteiger partial charge on any atom is -0.396 e. The standard InChI is InChI=1S/C20H22N4O2/c25-13-15-11-24(12-16(15)14-7-9-21-10-8-14)20(26)6-5-19-22-17-3-1-2-4-18(17)23-19/h1-4,7-10,15-16,25H,5-6,11-13H2,(H,22,23)/t15-,16-/m0/s1. The number of aromatic amines is 1. The molecule has 1 aliphatic heterocycles. The van der Waals surface area contributed by atoms with E-state index in [1.54, 1.807) is 12.4 Å². The topological polar surface area (TPSA) is 82.1 Å². The summed E-state index contributed by atoms with van der Waals surface area (Å²) >= 11 is 0. The monoisotopic (exact) mass is 350 g/mol. The molecule has 0 saturated carbocycles. The van der Waals surface area contributed by atoms with Crippen LogP contribution in [0.2, 0.25) is 0 Å². The molecule has 134 valence electrons. The molecule has 1 saturated heterocycles. The van der Waals surface area contributed by atoms with Crippen LogP contribution in [-0.4, -0.2) is 50.6 Å². The molecule has 1 fully saturated rings. The van der Waals surface area contributed by atoms with Gasteiger partial charge in [-0.1, -0.05) is 12.1 Å². The van der Waals surface area contributed by atoms with E-state index in [9.17, 15) is 9.90 Å². The SMILES string of the molecule is O=C(CCc1nc2ccccc2[nH]1)N1C[C@@H](CO)[C@H](c2ccncc2)C1. The minimum atomic E-state index is 0.0764. The zero-order valence-corrected chi connectivity index (χ0v) is 14.5. The lowest BCUT2D eigenvalue weighted by molar-refractivity contribution is -0.130. The first kappa shape index (κ1) is 16.7. The van der Waals surface area contributed by atoms with Gasteiger partial charge in [0.2, 0.25) is 5.91 Å². The molecule has 0 bridgehead atoms. The fourth-order valence-corrected chi connectivity index (χ4v) is 3.76. The number of hydrogen-bond acceptors (Lipinski definition) is 4. The van der Waals surface area contributed by atoms with Crippen LogP contribution in [0, 0.1) is 5.92 Å². The Labute approximate surface area is 151 Å². The van der Waals surface area contributed by atoms with Gasteiger partial charge in [0.25, 0.3) is 0 Å². The number of rotatable bonds is 5. The van der Waals surface area contributed by atoms with Crippen molar-refractivity contribution < 1.29 is 9.90 Å². The van der Waals surface area contributed by atoms with Crippen LogP contribution in [0.3, 0.4) is 0 Å². The number of likely N-dealkylation sites (tertiary alicyclic amines) is 1. The zero-order valence-electron chi connectivity index (χ0n) is 14.5. The molecule has 2 aromatic heterocycles. The first-order valence-electron chi connectivity index (χ1n) is 8.97. The molecule has 4 rings (SSSR count). The molecule has 0 spiro atoms. The van der Waals surface area contributed by atoms with Crippen LogP contribution in [0.15, 0.2) is 48.8 Å². The van der Waals surface area contributed by atoms with E-state index >= 15 is 0 Å². The molecule has 6 heteroatoms. The summed E-state index contributed by atoms with van der Waals surface area (Å²) in [6.45, 7) is 1.33. The molecular formula is C20H22N4O2. The molecule has 2 atom stereocenters. The third kappa shape index (κ3) is 3.32. The Kier molecular flexibility index (Phi) is 4.67. The van der Waals surface area contributed by atoms with E-state index in [4.69, 9.17) is 0 Å². The van der Waals surface area contributed by atoms with Crippen molar-refractivity contribution in [2.75, 3.05) is 19.7 Å². The van der Waals surface area contributed by atoms with Crippen LogP contribution in [0.4, 0.5) is 0 Å². The van der Waals surface area contributed by atoms with Crippen molar-refractivity contribution in [2.24, 2.45) is 5.92 Å². The first-order chi connectivity index (χ1) is 12.7. The van der Waals surface area contributed by atoms with Crippen molar-refractivity contribution in [3.63, 3.8) is 0 Å². The van der Waals surface area contributed by atoms with Gasteiger partial charge in [-0.15, -0.1) is 0 Å². The predicted molar refractivity (Wildman–Crippen MR) is 98.5 cm³/mol. The zero-order chi connectivity index (χ0) is 17.9. The first-order valence-corrected chi connectivity index (χ1v) is 8.97. The normalized spacial score (nSPS) is 20.0. The van der Waals surface area contributed by atoms with Crippen molar-refractivity contribution in [1.29, 1.82) is 0 Å². The Morgan fingerprint density at radius 3 is 2.77 bits per heavy atom. The molecule has 26 heavy (non-hydrogen) atoms. The Bertz CT molecular complexity index is 860. The van der Waals surface area contributed by atoms with Crippen LogP contribution < -0.4 is 0 Å². The van der Waals surface area contributed by atoms with Crippen molar-refractivity contribution in [3.05, 3.63) is 60.2 Å². The third-order valence-corrected chi connectivity index (χ3v) is 5.18. The van der Waals surface area contributed by atoms with Gasteiger partial charge in [0.05, 0.1) is 11.0 Å². The number of amides is 1. The summed E-state index contributed by atoms with van der Waals surface area (Å²) < 4.78 is 0. The number of benzene rings is 1. The van der Waals surface area contributed by atoms with Crippen LogP contribution in [0.5, 0.6) is 0 Å². The minimum absolute atomic E-state index is 0.0764. The number of fused-ring (bicyclic) bond motifs is 1. The summed E-state index contributed by atoms with van der Waals surface area (Å²) in [5, 5.41) is 9.72. The van der Waals surface area contributed by atoms with Gasteiger partial charge in [0.15, 0.2) is 0 Å². The van der Waals surface area contributed by atoms with Crippen LogP contribution in [0.1, 0.15) is 23.7 Å². The lowest BCUT2D eigenvalue weighted by Gasteiger charge is -2.16. The maximum Gasteiger partial charge on any atom is 0.223 e. The van der Waals surface area contributed by atoms with E-state index in [-0.39, 0.29) is 24.3 Å². The van der Waals surface area contributed by atoms with Crippen molar-refractivity contribution in [1.82, 2.24) is 19.9 Å².